The first-order valence-electron chi connectivity index (χ1n) is 5.46. The lowest BCUT2D eigenvalue weighted by Gasteiger charge is -2.25. The number of ether oxygens (including phenoxy) is 1. The summed E-state index contributed by atoms with van der Waals surface area (Å²) in [6.45, 7) is 0. The number of para-hydroxylation sites is 1. The van der Waals surface area contributed by atoms with Crippen LogP contribution in [-0.4, -0.2) is 11.1 Å². The van der Waals surface area contributed by atoms with Crippen molar-refractivity contribution in [1.29, 1.82) is 0 Å². The zero-order valence-corrected chi connectivity index (χ0v) is 9.26. The smallest absolute Gasteiger partial charge is 0.315 e. The maximum absolute atomic E-state index is 13.8. The van der Waals surface area contributed by atoms with Gasteiger partial charge in [-0.1, -0.05) is 24.3 Å². The number of aliphatic carboxylic acids is 1. The van der Waals surface area contributed by atoms with Gasteiger partial charge in [-0.2, -0.15) is 0 Å². The monoisotopic (exact) mass is 244 g/mol. The predicted molar refractivity (Wildman–Crippen MR) is 62.4 cm³/mol. The van der Waals surface area contributed by atoms with Crippen LogP contribution in [0.3, 0.4) is 0 Å². The number of carbonyl (C=O) groups is 1. The molecule has 1 N–H and O–H groups in total. The van der Waals surface area contributed by atoms with Crippen molar-refractivity contribution in [3.8, 4) is 11.5 Å². The number of carboxylic acid groups (broad SMARTS) is 1. The molecule has 0 spiro atoms. The number of fused-ring (bicyclic) bond motifs is 2. The Morgan fingerprint density at radius 2 is 1.83 bits per heavy atom. The van der Waals surface area contributed by atoms with Gasteiger partial charge in [0.05, 0.1) is 0 Å². The van der Waals surface area contributed by atoms with Crippen LogP contribution in [0.15, 0.2) is 42.5 Å². The fraction of sp³-hybridized carbons (Fsp3) is 0.0714. The first kappa shape index (κ1) is 10.8. The highest BCUT2D eigenvalue weighted by molar-refractivity contribution is 5.83. The lowest BCUT2D eigenvalue weighted by molar-refractivity contribution is -0.137. The molecule has 0 saturated heterocycles. The van der Waals surface area contributed by atoms with Crippen molar-refractivity contribution in [2.24, 2.45) is 0 Å². The summed E-state index contributed by atoms with van der Waals surface area (Å²) in [6, 6.07) is 11.1. The molecule has 0 saturated carbocycles. The van der Waals surface area contributed by atoms with Gasteiger partial charge in [0.1, 0.15) is 23.2 Å². The third-order valence-corrected chi connectivity index (χ3v) is 3.00. The van der Waals surface area contributed by atoms with Crippen molar-refractivity contribution >= 4 is 5.97 Å². The Morgan fingerprint density at radius 3 is 2.61 bits per heavy atom. The van der Waals surface area contributed by atoms with E-state index in [1.165, 1.54) is 12.1 Å². The van der Waals surface area contributed by atoms with Crippen LogP contribution in [0.1, 0.15) is 17.0 Å². The second kappa shape index (κ2) is 3.84. The Bertz CT molecular complexity index is 637. The Balaban J connectivity index is 2.28. The molecular weight excluding hydrogens is 235 g/mol. The number of benzene rings is 2. The Labute approximate surface area is 102 Å². The molecule has 3 rings (SSSR count). The Hall–Kier alpha value is -2.36. The Morgan fingerprint density at radius 1 is 1.11 bits per heavy atom. The van der Waals surface area contributed by atoms with Crippen molar-refractivity contribution in [3.63, 3.8) is 0 Å². The molecule has 0 bridgehead atoms. The van der Waals surface area contributed by atoms with E-state index in [0.29, 0.717) is 11.3 Å². The van der Waals surface area contributed by atoms with E-state index < -0.39 is 17.7 Å². The minimum absolute atomic E-state index is 0.0868. The summed E-state index contributed by atoms with van der Waals surface area (Å²) in [5.41, 5.74) is 0.561. The Kier molecular flexibility index (Phi) is 2.30. The normalized spacial score (nSPS) is 16.4. The molecule has 18 heavy (non-hydrogen) atoms. The third-order valence-electron chi connectivity index (χ3n) is 3.00. The van der Waals surface area contributed by atoms with Gasteiger partial charge in [0.25, 0.3) is 0 Å². The summed E-state index contributed by atoms with van der Waals surface area (Å²) in [4.78, 5) is 11.4. The average molecular weight is 244 g/mol. The first-order valence-corrected chi connectivity index (χ1v) is 5.46. The molecule has 90 valence electrons. The number of hydrogen-bond donors (Lipinski definition) is 1. The number of rotatable bonds is 1. The average Bonchev–Trinajstić information content (AvgIpc) is 2.36. The molecule has 2 aromatic carbocycles. The van der Waals surface area contributed by atoms with Gasteiger partial charge >= 0.3 is 5.97 Å². The minimum atomic E-state index is -1.09. The van der Waals surface area contributed by atoms with Crippen molar-refractivity contribution in [2.45, 2.75) is 5.92 Å². The number of halogens is 1. The number of hydrogen-bond acceptors (Lipinski definition) is 2. The van der Waals surface area contributed by atoms with E-state index in [2.05, 4.69) is 0 Å². The van der Waals surface area contributed by atoms with Gasteiger partial charge in [-0.25, -0.2) is 4.39 Å². The molecule has 2 aromatic rings. The van der Waals surface area contributed by atoms with Crippen LogP contribution in [-0.2, 0) is 4.79 Å². The summed E-state index contributed by atoms with van der Waals surface area (Å²) in [7, 11) is 0. The molecule has 4 heteroatoms. The fourth-order valence-corrected chi connectivity index (χ4v) is 2.23. The van der Waals surface area contributed by atoms with Gasteiger partial charge < -0.3 is 9.84 Å². The lowest BCUT2D eigenvalue weighted by Crippen LogP contribution is -2.19. The van der Waals surface area contributed by atoms with E-state index in [1.807, 2.05) is 0 Å². The maximum Gasteiger partial charge on any atom is 0.315 e. The maximum atomic E-state index is 13.8. The minimum Gasteiger partial charge on any atom is -0.481 e. The van der Waals surface area contributed by atoms with Crippen molar-refractivity contribution in [3.05, 3.63) is 59.4 Å². The standard InChI is InChI=1S/C14H9FO3/c15-9-5-3-7-11-13(9)12(14(16)17)8-4-1-2-6-10(8)18-11/h1-7,12H,(H,16,17). The van der Waals surface area contributed by atoms with Gasteiger partial charge in [0.2, 0.25) is 0 Å². The van der Waals surface area contributed by atoms with E-state index >= 15 is 0 Å². The molecule has 0 amide bonds. The molecule has 0 radical (unpaired) electrons. The van der Waals surface area contributed by atoms with Gasteiger partial charge in [-0.3, -0.25) is 4.79 Å². The molecule has 0 aliphatic carbocycles. The van der Waals surface area contributed by atoms with Crippen LogP contribution in [0.4, 0.5) is 4.39 Å². The van der Waals surface area contributed by atoms with E-state index in [4.69, 9.17) is 4.74 Å². The third kappa shape index (κ3) is 1.46. The highest BCUT2D eigenvalue weighted by Gasteiger charge is 2.34. The van der Waals surface area contributed by atoms with Crippen LogP contribution >= 0.6 is 0 Å². The highest BCUT2D eigenvalue weighted by Crippen LogP contribution is 2.44. The second-order valence-corrected chi connectivity index (χ2v) is 4.06. The van der Waals surface area contributed by atoms with Crippen molar-refractivity contribution in [2.75, 3.05) is 0 Å². The molecule has 1 aliphatic rings. The van der Waals surface area contributed by atoms with E-state index in [1.54, 1.807) is 30.3 Å². The lowest BCUT2D eigenvalue weighted by atomic mass is 9.88. The zero-order valence-electron chi connectivity index (χ0n) is 9.26. The van der Waals surface area contributed by atoms with Crippen LogP contribution in [0, 0.1) is 5.82 Å². The SMILES string of the molecule is O=C(O)C1c2ccccc2Oc2cccc(F)c21. The van der Waals surface area contributed by atoms with E-state index in [0.717, 1.165) is 0 Å². The van der Waals surface area contributed by atoms with Gasteiger partial charge in [-0.05, 0) is 18.2 Å². The highest BCUT2D eigenvalue weighted by atomic mass is 19.1. The fourth-order valence-electron chi connectivity index (χ4n) is 2.23. The molecule has 1 unspecified atom stereocenters. The van der Waals surface area contributed by atoms with E-state index in [9.17, 15) is 14.3 Å². The molecule has 1 heterocycles. The largest absolute Gasteiger partial charge is 0.481 e. The summed E-state index contributed by atoms with van der Waals surface area (Å²) >= 11 is 0. The molecule has 0 fully saturated rings. The first-order chi connectivity index (χ1) is 8.68. The van der Waals surface area contributed by atoms with Gasteiger partial charge in [-0.15, -0.1) is 0 Å². The van der Waals surface area contributed by atoms with Crippen LogP contribution in [0.5, 0.6) is 11.5 Å². The summed E-state index contributed by atoms with van der Waals surface area (Å²) in [5.74, 6) is -1.94. The van der Waals surface area contributed by atoms with Crippen LogP contribution in [0.25, 0.3) is 0 Å². The number of carboxylic acids is 1. The predicted octanol–water partition coefficient (Wildman–Crippen LogP) is 3.15. The van der Waals surface area contributed by atoms with Crippen LogP contribution < -0.4 is 4.74 Å². The summed E-state index contributed by atoms with van der Waals surface area (Å²) < 4.78 is 19.4. The van der Waals surface area contributed by atoms with E-state index in [-0.39, 0.29) is 11.3 Å². The van der Waals surface area contributed by atoms with Gasteiger partial charge in [0, 0.05) is 11.1 Å². The van der Waals surface area contributed by atoms with Crippen LogP contribution in [0.2, 0.25) is 0 Å². The topological polar surface area (TPSA) is 46.5 Å². The summed E-state index contributed by atoms with van der Waals surface area (Å²) in [5, 5.41) is 9.33. The zero-order chi connectivity index (χ0) is 12.7. The molecule has 1 aliphatic heterocycles. The molecule has 1 atom stereocenters. The van der Waals surface area contributed by atoms with Crippen molar-refractivity contribution < 1.29 is 19.0 Å². The second-order valence-electron chi connectivity index (χ2n) is 4.06. The quantitative estimate of drug-likeness (QED) is 0.838. The van der Waals surface area contributed by atoms with Crippen molar-refractivity contribution in [1.82, 2.24) is 0 Å². The summed E-state index contributed by atoms with van der Waals surface area (Å²) in [6.07, 6.45) is 0. The molecule has 3 nitrogen and oxygen atoms in total. The molecular formula is C14H9FO3. The van der Waals surface area contributed by atoms with Gasteiger partial charge in [0.15, 0.2) is 0 Å². The molecule has 0 aromatic heterocycles.